The Kier molecular flexibility index (Phi) is 6.51. The zero-order chi connectivity index (χ0) is 24.3. The molecule has 0 aliphatic heterocycles. The summed E-state index contributed by atoms with van der Waals surface area (Å²) < 4.78 is 40.5. The lowest BCUT2D eigenvalue weighted by Gasteiger charge is -2.14. The fraction of sp³-hybridized carbons (Fsp3) is 0.125. The van der Waals surface area contributed by atoms with Crippen molar-refractivity contribution < 1.29 is 18.0 Å². The van der Waals surface area contributed by atoms with Crippen LogP contribution in [0.1, 0.15) is 11.1 Å². The molecule has 0 saturated heterocycles. The van der Waals surface area contributed by atoms with E-state index < -0.39 is 17.6 Å². The fourth-order valence-corrected chi connectivity index (χ4v) is 3.54. The molecule has 0 spiro atoms. The predicted octanol–water partition coefficient (Wildman–Crippen LogP) is 5.05. The summed E-state index contributed by atoms with van der Waals surface area (Å²) in [5, 5.41) is 3.17. The maximum Gasteiger partial charge on any atom is 0.416 e. The number of hydrogen-bond acceptors (Lipinski definition) is 3. The van der Waals surface area contributed by atoms with Gasteiger partial charge in [0.05, 0.1) is 16.6 Å². The third-order valence-electron chi connectivity index (χ3n) is 5.05. The number of hydrogen-bond donors (Lipinski definition) is 3. The van der Waals surface area contributed by atoms with E-state index in [0.717, 1.165) is 23.4 Å². The third-order valence-corrected chi connectivity index (χ3v) is 5.26. The zero-order valence-electron chi connectivity index (χ0n) is 18.0. The molecule has 1 aromatic heterocycles. The second-order valence-corrected chi connectivity index (χ2v) is 7.99. The van der Waals surface area contributed by atoms with Crippen molar-refractivity contribution in [1.82, 2.24) is 20.4 Å². The maximum absolute atomic E-state index is 12.9. The summed E-state index contributed by atoms with van der Waals surface area (Å²) in [4.78, 5) is 17.2. The number of imidazole rings is 1. The highest BCUT2D eigenvalue weighted by Crippen LogP contribution is 2.31. The van der Waals surface area contributed by atoms with E-state index in [1.54, 1.807) is 28.8 Å². The van der Waals surface area contributed by atoms with Crippen LogP contribution in [-0.2, 0) is 17.5 Å². The Morgan fingerprint density at radius 3 is 2.32 bits per heavy atom. The topological polar surface area (TPSA) is 71.0 Å². The maximum atomic E-state index is 12.9. The quantitative estimate of drug-likeness (QED) is 0.280. The fourth-order valence-electron chi connectivity index (χ4n) is 3.37. The van der Waals surface area contributed by atoms with Crippen LogP contribution in [0, 0.1) is 6.92 Å². The van der Waals surface area contributed by atoms with Gasteiger partial charge in [-0.1, -0.05) is 42.0 Å². The molecule has 34 heavy (non-hydrogen) atoms. The summed E-state index contributed by atoms with van der Waals surface area (Å²) in [6.45, 7) is 1.84. The van der Waals surface area contributed by atoms with Gasteiger partial charge in [-0.2, -0.15) is 13.2 Å². The molecule has 0 bridgehead atoms. The van der Waals surface area contributed by atoms with Crippen LogP contribution in [0.2, 0.25) is 0 Å². The Morgan fingerprint density at radius 2 is 1.65 bits per heavy atom. The summed E-state index contributed by atoms with van der Waals surface area (Å²) in [6.07, 6.45) is -4.44. The van der Waals surface area contributed by atoms with Gasteiger partial charge < -0.3 is 9.88 Å². The Balaban J connectivity index is 1.50. The first-order valence-corrected chi connectivity index (χ1v) is 10.7. The molecule has 3 N–H and O–H groups in total. The molecular weight excluding hydrogens is 463 g/mol. The number of thiocarbonyl (C=S) groups is 1. The molecular formula is C24H20F3N5OS. The second-order valence-electron chi connectivity index (χ2n) is 7.58. The van der Waals surface area contributed by atoms with E-state index in [2.05, 4.69) is 21.2 Å². The molecule has 6 nitrogen and oxygen atoms in total. The normalized spacial score (nSPS) is 11.3. The summed E-state index contributed by atoms with van der Waals surface area (Å²) in [5.74, 6) is -0.0326. The van der Waals surface area contributed by atoms with Crippen LogP contribution in [0.25, 0.3) is 22.4 Å². The van der Waals surface area contributed by atoms with Gasteiger partial charge in [0, 0.05) is 11.3 Å². The first-order chi connectivity index (χ1) is 16.2. The summed E-state index contributed by atoms with van der Waals surface area (Å²) in [6, 6.07) is 19.4. The van der Waals surface area contributed by atoms with E-state index in [9.17, 15) is 18.0 Å². The third kappa shape index (κ3) is 5.34. The summed E-state index contributed by atoms with van der Waals surface area (Å²) >= 11 is 5.21. The van der Waals surface area contributed by atoms with Crippen molar-refractivity contribution in [2.75, 3.05) is 5.32 Å². The predicted molar refractivity (Wildman–Crippen MR) is 129 cm³/mol. The number of aryl methyl sites for hydroxylation is 1. The van der Waals surface area contributed by atoms with Gasteiger partial charge in [0.15, 0.2) is 5.11 Å². The minimum atomic E-state index is -4.44. The van der Waals surface area contributed by atoms with E-state index in [4.69, 9.17) is 12.2 Å². The number of carbonyl (C=O) groups excluding carboxylic acids is 1. The molecule has 1 amide bonds. The van der Waals surface area contributed by atoms with Crippen LogP contribution >= 0.6 is 12.2 Å². The lowest BCUT2D eigenvalue weighted by atomic mass is 10.1. The lowest BCUT2D eigenvalue weighted by Crippen LogP contribution is -2.45. The van der Waals surface area contributed by atoms with Crippen molar-refractivity contribution in [3.63, 3.8) is 0 Å². The van der Waals surface area contributed by atoms with Crippen molar-refractivity contribution in [3.8, 4) is 11.4 Å². The zero-order valence-corrected chi connectivity index (χ0v) is 18.8. The van der Waals surface area contributed by atoms with Gasteiger partial charge in [0.25, 0.3) is 5.91 Å². The Morgan fingerprint density at radius 1 is 0.971 bits per heavy atom. The molecule has 3 aromatic carbocycles. The standard InChI is InChI=1S/C24H20F3N5OS/c1-15-6-12-18(13-7-15)28-23(34)31-30-21(33)14-32-20-5-3-2-4-19(20)29-22(32)16-8-10-17(11-9-16)24(25,26)27/h2-13H,14H2,1H3,(H,30,33)(H2,28,31,34). The number of rotatable bonds is 4. The molecule has 0 saturated carbocycles. The van der Waals surface area contributed by atoms with Gasteiger partial charge in [0.2, 0.25) is 0 Å². The summed E-state index contributed by atoms with van der Waals surface area (Å²) in [7, 11) is 0. The van der Waals surface area contributed by atoms with Crippen molar-refractivity contribution in [2.45, 2.75) is 19.6 Å². The monoisotopic (exact) mass is 483 g/mol. The smallest absolute Gasteiger partial charge is 0.331 e. The molecule has 4 aromatic rings. The molecule has 0 unspecified atom stereocenters. The SMILES string of the molecule is Cc1ccc(NC(=S)NNC(=O)Cn2c(-c3ccc(C(F)(F)F)cc3)nc3ccccc32)cc1. The Labute approximate surface area is 198 Å². The van der Waals surface area contributed by atoms with E-state index in [-0.39, 0.29) is 11.7 Å². The van der Waals surface area contributed by atoms with Crippen molar-refractivity contribution in [3.05, 3.63) is 83.9 Å². The van der Waals surface area contributed by atoms with Crippen molar-refractivity contribution >= 4 is 40.0 Å². The van der Waals surface area contributed by atoms with Gasteiger partial charge in [-0.3, -0.25) is 15.6 Å². The van der Waals surface area contributed by atoms with Crippen LogP contribution in [0.5, 0.6) is 0 Å². The second kappa shape index (κ2) is 9.52. The number of hydrazine groups is 1. The minimum Gasteiger partial charge on any atom is -0.331 e. The van der Waals surface area contributed by atoms with Crippen LogP contribution < -0.4 is 16.2 Å². The number of benzene rings is 3. The molecule has 0 aliphatic carbocycles. The van der Waals surface area contributed by atoms with Gasteiger partial charge in [-0.25, -0.2) is 4.98 Å². The molecule has 4 rings (SSSR count). The number of amides is 1. The average molecular weight is 484 g/mol. The molecule has 1 heterocycles. The van der Waals surface area contributed by atoms with Gasteiger partial charge in [-0.05, 0) is 55.5 Å². The van der Waals surface area contributed by atoms with Gasteiger partial charge in [-0.15, -0.1) is 0 Å². The molecule has 0 fully saturated rings. The van der Waals surface area contributed by atoms with Gasteiger partial charge >= 0.3 is 6.18 Å². The highest BCUT2D eigenvalue weighted by atomic mass is 32.1. The lowest BCUT2D eigenvalue weighted by molar-refractivity contribution is -0.137. The number of fused-ring (bicyclic) bond motifs is 1. The Hall–Kier alpha value is -3.92. The number of anilines is 1. The van der Waals surface area contributed by atoms with Crippen LogP contribution in [0.3, 0.4) is 0 Å². The number of halogens is 3. The first-order valence-electron chi connectivity index (χ1n) is 10.3. The largest absolute Gasteiger partial charge is 0.416 e. The van der Waals surface area contributed by atoms with Gasteiger partial charge in [0.1, 0.15) is 12.4 Å². The van der Waals surface area contributed by atoms with Crippen LogP contribution in [0.15, 0.2) is 72.8 Å². The number of aromatic nitrogens is 2. The molecule has 174 valence electrons. The first kappa shape index (κ1) is 23.2. The molecule has 10 heteroatoms. The van der Waals surface area contributed by atoms with Crippen molar-refractivity contribution in [1.29, 1.82) is 0 Å². The molecule has 0 radical (unpaired) electrons. The van der Waals surface area contributed by atoms with E-state index in [1.165, 1.54) is 12.1 Å². The Bertz CT molecular complexity index is 1330. The van der Waals surface area contributed by atoms with Crippen LogP contribution in [-0.4, -0.2) is 20.6 Å². The minimum absolute atomic E-state index is 0.128. The number of nitrogens with one attached hydrogen (secondary N) is 3. The number of nitrogens with zero attached hydrogens (tertiary/aromatic N) is 2. The van der Waals surface area contributed by atoms with Crippen molar-refractivity contribution in [2.24, 2.45) is 0 Å². The summed E-state index contributed by atoms with van der Waals surface area (Å²) in [5.41, 5.74) is 8.06. The number of para-hydroxylation sites is 2. The molecule has 0 aliphatic rings. The average Bonchev–Trinajstić information content (AvgIpc) is 3.17. The number of carbonyl (C=O) groups is 1. The highest BCUT2D eigenvalue weighted by Gasteiger charge is 2.30. The van der Waals surface area contributed by atoms with E-state index in [1.807, 2.05) is 31.2 Å². The van der Waals surface area contributed by atoms with Crippen LogP contribution in [0.4, 0.5) is 18.9 Å². The van der Waals surface area contributed by atoms with E-state index >= 15 is 0 Å². The molecule has 0 atom stereocenters. The highest BCUT2D eigenvalue weighted by molar-refractivity contribution is 7.80. The van der Waals surface area contributed by atoms with E-state index in [0.29, 0.717) is 22.4 Å². The number of alkyl halides is 3.